The van der Waals surface area contributed by atoms with Crippen molar-refractivity contribution in [3.8, 4) is 11.6 Å². The minimum Gasteiger partial charge on any atom is -0.503 e. The fraction of sp³-hybridized carbons (Fsp3) is 0.286. The topological polar surface area (TPSA) is 62.6 Å². The van der Waals surface area contributed by atoms with Crippen molar-refractivity contribution in [3.63, 3.8) is 0 Å². The van der Waals surface area contributed by atoms with E-state index in [9.17, 15) is 0 Å². The number of aliphatic hydroxyl groups excluding tert-OH is 1. The number of hydrogen-bond acceptors (Lipinski definition) is 4. The van der Waals surface area contributed by atoms with E-state index in [1.807, 2.05) is 0 Å². The molecule has 0 unspecified atom stereocenters. The van der Waals surface area contributed by atoms with Gasteiger partial charge in [-0.2, -0.15) is 0 Å². The summed E-state index contributed by atoms with van der Waals surface area (Å²) in [6.45, 7) is -0.134. The smallest absolute Gasteiger partial charge is 0.256 e. The largest absolute Gasteiger partial charge is 0.503 e. The van der Waals surface area contributed by atoms with E-state index in [2.05, 4.69) is 4.98 Å². The van der Waals surface area contributed by atoms with Crippen molar-refractivity contribution in [3.05, 3.63) is 17.8 Å². The summed E-state index contributed by atoms with van der Waals surface area (Å²) < 4.78 is 4.70. The average Bonchev–Trinajstić information content (AvgIpc) is 2.04. The molecule has 0 amide bonds. The van der Waals surface area contributed by atoms with Gasteiger partial charge in [0.25, 0.3) is 5.88 Å². The van der Waals surface area contributed by atoms with Gasteiger partial charge in [-0.1, -0.05) is 0 Å². The molecule has 0 radical (unpaired) electrons. The first-order valence-corrected chi connectivity index (χ1v) is 3.10. The number of ether oxygens (including phenoxy) is 1. The van der Waals surface area contributed by atoms with E-state index in [1.54, 1.807) is 0 Å². The predicted octanol–water partition coefficient (Wildman–Crippen LogP) is 0.288. The van der Waals surface area contributed by atoms with Crippen molar-refractivity contribution < 1.29 is 14.9 Å². The Kier molecular flexibility index (Phi) is 2.28. The highest BCUT2D eigenvalue weighted by molar-refractivity contribution is 5.34. The van der Waals surface area contributed by atoms with Gasteiger partial charge >= 0.3 is 0 Å². The molecule has 4 heteroatoms. The summed E-state index contributed by atoms with van der Waals surface area (Å²) in [5, 5.41) is 17.8. The maximum absolute atomic E-state index is 9.12. The Balaban J connectivity index is 2.99. The number of aromatic nitrogens is 1. The molecule has 0 aliphatic heterocycles. The molecule has 1 aromatic heterocycles. The third-order valence-electron chi connectivity index (χ3n) is 1.26. The van der Waals surface area contributed by atoms with Gasteiger partial charge in [0.2, 0.25) is 0 Å². The van der Waals surface area contributed by atoms with Crippen LogP contribution in [0.2, 0.25) is 0 Å². The standard InChI is InChI=1S/C7H9NO3/c1-11-7-6(10)2-5(4-9)3-8-7/h2-3,9-10H,4H2,1H3. The lowest BCUT2D eigenvalue weighted by Crippen LogP contribution is -1.90. The molecule has 0 aromatic carbocycles. The van der Waals surface area contributed by atoms with Gasteiger partial charge in [-0.15, -0.1) is 0 Å². The monoisotopic (exact) mass is 155 g/mol. The van der Waals surface area contributed by atoms with E-state index in [-0.39, 0.29) is 18.2 Å². The van der Waals surface area contributed by atoms with Gasteiger partial charge in [-0.05, 0) is 11.6 Å². The van der Waals surface area contributed by atoms with Crippen LogP contribution in [-0.2, 0) is 6.61 Å². The van der Waals surface area contributed by atoms with Gasteiger partial charge < -0.3 is 14.9 Å². The first-order valence-electron chi connectivity index (χ1n) is 3.10. The first kappa shape index (κ1) is 7.81. The Morgan fingerprint density at radius 1 is 1.64 bits per heavy atom. The second-order valence-electron chi connectivity index (χ2n) is 2.03. The van der Waals surface area contributed by atoms with Crippen LogP contribution in [0.15, 0.2) is 12.3 Å². The second-order valence-corrected chi connectivity index (χ2v) is 2.03. The summed E-state index contributed by atoms with van der Waals surface area (Å²) in [5.41, 5.74) is 0.559. The normalized spacial score (nSPS) is 9.64. The number of rotatable bonds is 2. The number of methoxy groups -OCH3 is 1. The van der Waals surface area contributed by atoms with Crippen molar-refractivity contribution in [2.45, 2.75) is 6.61 Å². The molecule has 1 aromatic rings. The van der Waals surface area contributed by atoms with Crippen LogP contribution in [0.3, 0.4) is 0 Å². The van der Waals surface area contributed by atoms with Crippen LogP contribution in [0.4, 0.5) is 0 Å². The van der Waals surface area contributed by atoms with Crippen LogP contribution in [0, 0.1) is 0 Å². The third kappa shape index (κ3) is 1.59. The van der Waals surface area contributed by atoms with E-state index in [0.29, 0.717) is 5.56 Å². The number of aliphatic hydroxyl groups is 1. The molecule has 0 bridgehead atoms. The maximum atomic E-state index is 9.12. The van der Waals surface area contributed by atoms with Gasteiger partial charge in [-0.25, -0.2) is 4.98 Å². The van der Waals surface area contributed by atoms with Crippen LogP contribution in [0.1, 0.15) is 5.56 Å². The zero-order chi connectivity index (χ0) is 8.27. The van der Waals surface area contributed by atoms with Crippen molar-refractivity contribution in [2.75, 3.05) is 7.11 Å². The van der Waals surface area contributed by atoms with E-state index in [0.717, 1.165) is 0 Å². The Morgan fingerprint density at radius 3 is 2.82 bits per heavy atom. The molecule has 2 N–H and O–H groups in total. The molecule has 0 aliphatic carbocycles. The first-order chi connectivity index (χ1) is 5.27. The van der Waals surface area contributed by atoms with Gasteiger partial charge in [0.05, 0.1) is 13.7 Å². The highest BCUT2D eigenvalue weighted by Crippen LogP contribution is 2.22. The van der Waals surface area contributed by atoms with Gasteiger partial charge in [0.1, 0.15) is 0 Å². The highest BCUT2D eigenvalue weighted by atomic mass is 16.5. The molecule has 0 fully saturated rings. The van der Waals surface area contributed by atoms with Gasteiger partial charge in [0.15, 0.2) is 5.75 Å². The minimum absolute atomic E-state index is 0.0564. The van der Waals surface area contributed by atoms with Crippen molar-refractivity contribution in [2.24, 2.45) is 0 Å². The van der Waals surface area contributed by atoms with Crippen LogP contribution < -0.4 is 4.74 Å². The highest BCUT2D eigenvalue weighted by Gasteiger charge is 2.02. The van der Waals surface area contributed by atoms with Crippen molar-refractivity contribution in [1.82, 2.24) is 4.98 Å². The molecule has 0 saturated heterocycles. The van der Waals surface area contributed by atoms with E-state index < -0.39 is 0 Å². The summed E-state index contributed by atoms with van der Waals surface area (Å²) in [6, 6.07) is 1.41. The zero-order valence-corrected chi connectivity index (χ0v) is 6.11. The number of nitrogens with zero attached hydrogens (tertiary/aromatic N) is 1. The summed E-state index contributed by atoms with van der Waals surface area (Å²) in [7, 11) is 1.42. The zero-order valence-electron chi connectivity index (χ0n) is 6.11. The fourth-order valence-electron chi connectivity index (χ4n) is 0.726. The van der Waals surface area contributed by atoms with E-state index in [4.69, 9.17) is 14.9 Å². The SMILES string of the molecule is COc1ncc(CO)cc1O. The van der Waals surface area contributed by atoms with E-state index >= 15 is 0 Å². The van der Waals surface area contributed by atoms with Crippen molar-refractivity contribution >= 4 is 0 Å². The Hall–Kier alpha value is -1.29. The fourth-order valence-corrected chi connectivity index (χ4v) is 0.726. The van der Waals surface area contributed by atoms with Gasteiger partial charge in [0, 0.05) is 6.20 Å². The van der Waals surface area contributed by atoms with Crippen molar-refractivity contribution in [1.29, 1.82) is 0 Å². The molecule has 1 rings (SSSR count). The van der Waals surface area contributed by atoms with Crippen LogP contribution in [-0.4, -0.2) is 22.3 Å². The number of pyridine rings is 1. The second kappa shape index (κ2) is 3.21. The van der Waals surface area contributed by atoms with Gasteiger partial charge in [-0.3, -0.25) is 0 Å². The predicted molar refractivity (Wildman–Crippen MR) is 38.4 cm³/mol. The summed E-state index contributed by atoms with van der Waals surface area (Å²) in [4.78, 5) is 3.74. The minimum atomic E-state index is -0.134. The molecular weight excluding hydrogens is 146 g/mol. The molecule has 4 nitrogen and oxygen atoms in total. The molecule has 1 heterocycles. The molecule has 0 atom stereocenters. The molecule has 11 heavy (non-hydrogen) atoms. The Labute approximate surface area is 64.1 Å². The lowest BCUT2D eigenvalue weighted by molar-refractivity contribution is 0.279. The summed E-state index contributed by atoms with van der Waals surface area (Å²) >= 11 is 0. The number of aromatic hydroxyl groups is 1. The summed E-state index contributed by atoms with van der Waals surface area (Å²) in [5.74, 6) is 0.112. The lowest BCUT2D eigenvalue weighted by Gasteiger charge is -2.01. The Morgan fingerprint density at radius 2 is 2.36 bits per heavy atom. The molecule has 60 valence electrons. The Bertz CT molecular complexity index is 249. The molecular formula is C7H9NO3. The quantitative estimate of drug-likeness (QED) is 0.644. The van der Waals surface area contributed by atoms with Crippen LogP contribution in [0.25, 0.3) is 0 Å². The van der Waals surface area contributed by atoms with Crippen LogP contribution >= 0.6 is 0 Å². The summed E-state index contributed by atoms with van der Waals surface area (Å²) in [6.07, 6.45) is 1.44. The molecule has 0 saturated carbocycles. The molecule has 0 aliphatic rings. The maximum Gasteiger partial charge on any atom is 0.256 e. The average molecular weight is 155 g/mol. The van der Waals surface area contributed by atoms with Crippen LogP contribution in [0.5, 0.6) is 11.6 Å². The third-order valence-corrected chi connectivity index (χ3v) is 1.26. The lowest BCUT2D eigenvalue weighted by atomic mass is 10.3. The molecule has 0 spiro atoms. The number of hydrogen-bond donors (Lipinski definition) is 2. The van der Waals surface area contributed by atoms with E-state index in [1.165, 1.54) is 19.4 Å².